The van der Waals surface area contributed by atoms with Gasteiger partial charge in [-0.2, -0.15) is 0 Å². The minimum absolute atomic E-state index is 0.309. The zero-order chi connectivity index (χ0) is 13.5. The molecule has 1 aromatic carbocycles. The summed E-state index contributed by atoms with van der Waals surface area (Å²) < 4.78 is 9.92. The van der Waals surface area contributed by atoms with Gasteiger partial charge in [-0.1, -0.05) is 18.2 Å². The standard InChI is InChI=1S/C13H16ClNO3/c1-4-18-13(16)9(2)8-15-10-5-6-11(14)12(7-10)17-3/h5-7,15H,2,4,8H2,1,3H3. The highest BCUT2D eigenvalue weighted by Crippen LogP contribution is 2.27. The Hall–Kier alpha value is -1.68. The molecule has 0 aromatic heterocycles. The molecule has 0 unspecified atom stereocenters. The normalized spacial score (nSPS) is 9.72. The van der Waals surface area contributed by atoms with E-state index < -0.39 is 5.97 Å². The summed E-state index contributed by atoms with van der Waals surface area (Å²) in [5.41, 5.74) is 1.16. The van der Waals surface area contributed by atoms with Crippen LogP contribution < -0.4 is 10.1 Å². The van der Waals surface area contributed by atoms with Gasteiger partial charge >= 0.3 is 5.97 Å². The Morgan fingerprint density at radius 1 is 1.50 bits per heavy atom. The minimum atomic E-state index is -0.397. The number of anilines is 1. The van der Waals surface area contributed by atoms with Crippen molar-refractivity contribution in [1.29, 1.82) is 0 Å². The molecular weight excluding hydrogens is 254 g/mol. The molecule has 1 aromatic rings. The first-order valence-electron chi connectivity index (χ1n) is 5.50. The van der Waals surface area contributed by atoms with E-state index in [-0.39, 0.29) is 0 Å². The van der Waals surface area contributed by atoms with Gasteiger partial charge in [0.15, 0.2) is 0 Å². The fourth-order valence-corrected chi connectivity index (χ4v) is 1.48. The summed E-state index contributed by atoms with van der Waals surface area (Å²) in [5, 5.41) is 3.58. The van der Waals surface area contributed by atoms with Crippen molar-refractivity contribution in [1.82, 2.24) is 0 Å². The monoisotopic (exact) mass is 269 g/mol. The van der Waals surface area contributed by atoms with E-state index >= 15 is 0 Å². The fraction of sp³-hybridized carbons (Fsp3) is 0.308. The highest BCUT2D eigenvalue weighted by Gasteiger charge is 2.08. The summed E-state index contributed by atoms with van der Waals surface area (Å²) in [5.74, 6) is 0.175. The lowest BCUT2D eigenvalue weighted by Gasteiger charge is -2.10. The van der Waals surface area contributed by atoms with Crippen molar-refractivity contribution in [2.24, 2.45) is 0 Å². The van der Waals surface area contributed by atoms with Crippen LogP contribution in [0.3, 0.4) is 0 Å². The molecule has 0 saturated heterocycles. The van der Waals surface area contributed by atoms with E-state index in [1.165, 1.54) is 0 Å². The van der Waals surface area contributed by atoms with Crippen molar-refractivity contribution in [3.8, 4) is 5.75 Å². The number of carbonyl (C=O) groups is 1. The van der Waals surface area contributed by atoms with E-state index in [0.717, 1.165) is 5.69 Å². The summed E-state index contributed by atoms with van der Waals surface area (Å²) in [6, 6.07) is 5.26. The van der Waals surface area contributed by atoms with Crippen LogP contribution in [0.4, 0.5) is 5.69 Å². The lowest BCUT2D eigenvalue weighted by atomic mass is 10.2. The molecule has 0 atom stereocenters. The molecule has 0 heterocycles. The number of ether oxygens (including phenoxy) is 2. The molecule has 4 nitrogen and oxygen atoms in total. The Balaban J connectivity index is 2.58. The molecule has 0 saturated carbocycles. The molecule has 18 heavy (non-hydrogen) atoms. The number of hydrogen-bond acceptors (Lipinski definition) is 4. The Morgan fingerprint density at radius 2 is 2.22 bits per heavy atom. The zero-order valence-corrected chi connectivity index (χ0v) is 11.2. The lowest BCUT2D eigenvalue weighted by molar-refractivity contribution is -0.138. The quantitative estimate of drug-likeness (QED) is 0.637. The van der Waals surface area contributed by atoms with Crippen LogP contribution in [0.25, 0.3) is 0 Å². The van der Waals surface area contributed by atoms with Crippen molar-refractivity contribution < 1.29 is 14.3 Å². The van der Waals surface area contributed by atoms with Crippen molar-refractivity contribution in [3.63, 3.8) is 0 Å². The molecule has 5 heteroatoms. The van der Waals surface area contributed by atoms with Crippen LogP contribution in [0.2, 0.25) is 5.02 Å². The number of benzene rings is 1. The Labute approximate surface area is 112 Å². The Kier molecular flexibility index (Phi) is 5.52. The number of rotatable bonds is 6. The average Bonchev–Trinajstić information content (AvgIpc) is 2.37. The summed E-state index contributed by atoms with van der Waals surface area (Å²) in [7, 11) is 1.54. The van der Waals surface area contributed by atoms with Crippen molar-refractivity contribution in [2.75, 3.05) is 25.6 Å². The Bertz CT molecular complexity index is 446. The van der Waals surface area contributed by atoms with Crippen LogP contribution in [0.1, 0.15) is 6.92 Å². The smallest absolute Gasteiger partial charge is 0.335 e. The second kappa shape index (κ2) is 6.91. The molecule has 0 aliphatic heterocycles. The summed E-state index contributed by atoms with van der Waals surface area (Å²) >= 11 is 5.91. The van der Waals surface area contributed by atoms with Crippen LogP contribution in [0.15, 0.2) is 30.4 Å². The van der Waals surface area contributed by atoms with Crippen LogP contribution in [0.5, 0.6) is 5.75 Å². The molecule has 0 radical (unpaired) electrons. The first kappa shape index (κ1) is 14.4. The molecule has 0 bridgehead atoms. The van der Waals surface area contributed by atoms with Crippen LogP contribution in [-0.2, 0) is 9.53 Å². The second-order valence-corrected chi connectivity index (χ2v) is 3.93. The number of esters is 1. The van der Waals surface area contributed by atoms with Crippen LogP contribution >= 0.6 is 11.6 Å². The molecule has 1 rings (SSSR count). The number of nitrogens with one attached hydrogen (secondary N) is 1. The predicted octanol–water partition coefficient (Wildman–Crippen LogP) is 2.88. The predicted molar refractivity (Wildman–Crippen MR) is 72.3 cm³/mol. The van der Waals surface area contributed by atoms with Gasteiger partial charge in [0.05, 0.1) is 18.7 Å². The van der Waals surface area contributed by atoms with Gasteiger partial charge in [-0.25, -0.2) is 4.79 Å². The topological polar surface area (TPSA) is 47.6 Å². The van der Waals surface area contributed by atoms with Crippen molar-refractivity contribution in [3.05, 3.63) is 35.4 Å². The van der Waals surface area contributed by atoms with E-state index in [2.05, 4.69) is 11.9 Å². The van der Waals surface area contributed by atoms with E-state index in [0.29, 0.717) is 29.5 Å². The second-order valence-electron chi connectivity index (χ2n) is 3.53. The van der Waals surface area contributed by atoms with E-state index in [1.54, 1.807) is 32.2 Å². The number of methoxy groups -OCH3 is 1. The van der Waals surface area contributed by atoms with Crippen LogP contribution in [0, 0.1) is 0 Å². The number of halogens is 1. The maximum atomic E-state index is 11.3. The van der Waals surface area contributed by atoms with Gasteiger partial charge in [-0.05, 0) is 19.1 Å². The Morgan fingerprint density at radius 3 is 2.83 bits per heavy atom. The van der Waals surface area contributed by atoms with Crippen LogP contribution in [-0.4, -0.2) is 26.2 Å². The zero-order valence-electron chi connectivity index (χ0n) is 10.5. The number of carbonyl (C=O) groups excluding carboxylic acids is 1. The SMILES string of the molecule is C=C(CNc1ccc(Cl)c(OC)c1)C(=O)OCC. The van der Waals surface area contributed by atoms with E-state index in [1.807, 2.05) is 0 Å². The van der Waals surface area contributed by atoms with Gasteiger partial charge in [0.25, 0.3) is 0 Å². The molecule has 0 amide bonds. The summed E-state index contributed by atoms with van der Waals surface area (Å²) in [4.78, 5) is 11.3. The van der Waals surface area contributed by atoms with Gasteiger partial charge in [0.1, 0.15) is 5.75 Å². The van der Waals surface area contributed by atoms with Gasteiger partial charge in [0, 0.05) is 23.9 Å². The van der Waals surface area contributed by atoms with Gasteiger partial charge in [-0.15, -0.1) is 0 Å². The molecule has 0 aliphatic carbocycles. The van der Waals surface area contributed by atoms with Crippen molar-refractivity contribution in [2.45, 2.75) is 6.92 Å². The fourth-order valence-electron chi connectivity index (χ4n) is 1.28. The van der Waals surface area contributed by atoms with Gasteiger partial charge in [0.2, 0.25) is 0 Å². The maximum absolute atomic E-state index is 11.3. The summed E-state index contributed by atoms with van der Waals surface area (Å²) in [6.07, 6.45) is 0. The number of hydrogen-bond donors (Lipinski definition) is 1. The van der Waals surface area contributed by atoms with Gasteiger partial charge in [-0.3, -0.25) is 0 Å². The van der Waals surface area contributed by atoms with E-state index in [9.17, 15) is 4.79 Å². The first-order chi connectivity index (χ1) is 8.58. The summed E-state index contributed by atoms with van der Waals surface area (Å²) in [6.45, 7) is 6.06. The molecular formula is C13H16ClNO3. The minimum Gasteiger partial charge on any atom is -0.495 e. The third kappa shape index (κ3) is 3.96. The van der Waals surface area contributed by atoms with E-state index in [4.69, 9.17) is 21.1 Å². The molecule has 1 N–H and O–H groups in total. The largest absolute Gasteiger partial charge is 0.495 e. The highest BCUT2D eigenvalue weighted by atomic mass is 35.5. The maximum Gasteiger partial charge on any atom is 0.335 e. The third-order valence-electron chi connectivity index (χ3n) is 2.22. The third-order valence-corrected chi connectivity index (χ3v) is 2.53. The average molecular weight is 270 g/mol. The van der Waals surface area contributed by atoms with Crippen molar-refractivity contribution >= 4 is 23.3 Å². The molecule has 0 aliphatic rings. The lowest BCUT2D eigenvalue weighted by Crippen LogP contribution is -2.14. The highest BCUT2D eigenvalue weighted by molar-refractivity contribution is 6.32. The molecule has 0 spiro atoms. The first-order valence-corrected chi connectivity index (χ1v) is 5.88. The van der Waals surface area contributed by atoms with Gasteiger partial charge < -0.3 is 14.8 Å². The molecule has 0 fully saturated rings. The molecule has 98 valence electrons.